The van der Waals surface area contributed by atoms with E-state index in [4.69, 9.17) is 0 Å². The van der Waals surface area contributed by atoms with Gasteiger partial charge in [0, 0.05) is 0 Å². The Bertz CT molecular complexity index is 2820. The molecule has 7 aromatic rings. The first-order valence-electron chi connectivity index (χ1n) is 21.5. The van der Waals surface area contributed by atoms with E-state index in [2.05, 4.69) is 215 Å². The van der Waals surface area contributed by atoms with Crippen molar-refractivity contribution in [1.29, 1.82) is 0 Å². The molecule has 0 atom stereocenters. The fourth-order valence-electron chi connectivity index (χ4n) is 8.81. The van der Waals surface area contributed by atoms with Crippen molar-refractivity contribution in [1.82, 2.24) is 0 Å². The average Bonchev–Trinajstić information content (AvgIpc) is 3.70. The van der Waals surface area contributed by atoms with Gasteiger partial charge in [-0.15, -0.1) is 0 Å². The lowest BCUT2D eigenvalue weighted by Gasteiger charge is -2.17. The van der Waals surface area contributed by atoms with Crippen LogP contribution in [0, 0.1) is 6.92 Å². The third-order valence-electron chi connectivity index (χ3n) is 12.2. The van der Waals surface area contributed by atoms with Gasteiger partial charge in [-0.1, -0.05) is 178 Å². The predicted molar refractivity (Wildman–Crippen MR) is 261 cm³/mol. The first kappa shape index (κ1) is 40.0. The second-order valence-electron chi connectivity index (χ2n) is 15.8. The SMILES string of the molecule is C=C(/C=C(\C(C)=C(/C)c1cccc(-c2cccc(-c3cccc(-c4cc5c(c(-c6ccccc6)c4)CC4=C5C=CCC4)c3)c2)c1)c1ccccc1C)c1ccccc1.CC. The molecule has 0 saturated heterocycles. The molecule has 294 valence electrons. The molecule has 0 saturated carbocycles. The molecule has 0 radical (unpaired) electrons. The van der Waals surface area contributed by atoms with Gasteiger partial charge in [0.1, 0.15) is 0 Å². The molecule has 0 heterocycles. The molecule has 0 aromatic heterocycles. The van der Waals surface area contributed by atoms with E-state index in [1.165, 1.54) is 94.6 Å². The van der Waals surface area contributed by atoms with Crippen LogP contribution in [0.2, 0.25) is 0 Å². The van der Waals surface area contributed by atoms with Gasteiger partial charge in [-0.25, -0.2) is 0 Å². The molecule has 60 heavy (non-hydrogen) atoms. The molecular formula is C60H54. The van der Waals surface area contributed by atoms with Crippen LogP contribution in [0.5, 0.6) is 0 Å². The van der Waals surface area contributed by atoms with Crippen molar-refractivity contribution in [2.45, 2.75) is 53.9 Å². The number of aryl methyl sites for hydroxylation is 1. The van der Waals surface area contributed by atoms with Crippen molar-refractivity contribution in [3.63, 3.8) is 0 Å². The van der Waals surface area contributed by atoms with Crippen molar-refractivity contribution < 1.29 is 0 Å². The fourth-order valence-corrected chi connectivity index (χ4v) is 8.81. The Morgan fingerprint density at radius 3 is 1.73 bits per heavy atom. The van der Waals surface area contributed by atoms with E-state index in [0.717, 1.165) is 30.4 Å². The summed E-state index contributed by atoms with van der Waals surface area (Å²) in [6.07, 6.45) is 10.3. The number of allylic oxidation sites excluding steroid dienone is 9. The zero-order valence-corrected chi connectivity index (χ0v) is 35.7. The van der Waals surface area contributed by atoms with Crippen molar-refractivity contribution >= 4 is 22.3 Å². The van der Waals surface area contributed by atoms with Gasteiger partial charge in [0.05, 0.1) is 0 Å². The van der Waals surface area contributed by atoms with Crippen LogP contribution in [0.25, 0.3) is 66.8 Å². The maximum absolute atomic E-state index is 4.49. The minimum absolute atomic E-state index is 1.00. The standard InChI is InChI=1S/C58H48.C2H6/c1-39-18-11-13-30-53(39)55(32-40(2)43-19-7-5-8-20-43)42(4)41(3)45-24-15-25-46(33-45)47-26-16-27-48(34-47)49-28-17-29-50(35-49)52-37-56(44-21-9-6-10-22-44)58-36-51-23-12-14-31-54(51)57(58)38-52;1-2/h5-11,13-22,24-35,37-38H,2,12,23,36H2,1,3-4H3;1-2H3/b42-41+,55-32+;. The third-order valence-corrected chi connectivity index (χ3v) is 12.2. The summed E-state index contributed by atoms with van der Waals surface area (Å²) >= 11 is 0. The molecule has 0 bridgehead atoms. The van der Waals surface area contributed by atoms with Crippen LogP contribution in [0.15, 0.2) is 206 Å². The molecule has 0 unspecified atom stereocenters. The highest BCUT2D eigenvalue weighted by Crippen LogP contribution is 2.45. The van der Waals surface area contributed by atoms with Crippen LogP contribution >= 0.6 is 0 Å². The molecular weight excluding hydrogens is 721 g/mol. The third kappa shape index (κ3) is 8.25. The van der Waals surface area contributed by atoms with Crippen molar-refractivity contribution in [2.24, 2.45) is 0 Å². The highest BCUT2D eigenvalue weighted by atomic mass is 14.3. The van der Waals surface area contributed by atoms with Gasteiger partial charge in [0.25, 0.3) is 0 Å². The van der Waals surface area contributed by atoms with Gasteiger partial charge in [-0.3, -0.25) is 0 Å². The monoisotopic (exact) mass is 774 g/mol. The number of hydrogen-bond donors (Lipinski definition) is 0. The zero-order chi connectivity index (χ0) is 41.6. The molecule has 2 aliphatic rings. The highest BCUT2D eigenvalue weighted by Gasteiger charge is 2.25. The summed E-state index contributed by atoms with van der Waals surface area (Å²) < 4.78 is 0. The van der Waals surface area contributed by atoms with Crippen LogP contribution in [0.3, 0.4) is 0 Å². The molecule has 0 fully saturated rings. The lowest BCUT2D eigenvalue weighted by molar-refractivity contribution is 0.935. The smallest absolute Gasteiger partial charge is 0.00454 e. The van der Waals surface area contributed by atoms with Gasteiger partial charge >= 0.3 is 0 Å². The molecule has 0 N–H and O–H groups in total. The molecule has 0 amide bonds. The summed E-state index contributed by atoms with van der Waals surface area (Å²) in [5.74, 6) is 0. The lowest BCUT2D eigenvalue weighted by atomic mass is 9.87. The maximum atomic E-state index is 4.49. The van der Waals surface area contributed by atoms with E-state index >= 15 is 0 Å². The second kappa shape index (κ2) is 18.0. The fraction of sp³-hybridized carbons (Fsp3) is 0.133. The Hall–Kier alpha value is -6.76. The first-order valence-corrected chi connectivity index (χ1v) is 21.5. The summed E-state index contributed by atoms with van der Waals surface area (Å²) in [5.41, 5.74) is 25.4. The number of benzene rings is 7. The first-order chi connectivity index (χ1) is 29.4. The van der Waals surface area contributed by atoms with E-state index in [9.17, 15) is 0 Å². The molecule has 7 aromatic carbocycles. The van der Waals surface area contributed by atoms with E-state index < -0.39 is 0 Å². The van der Waals surface area contributed by atoms with Gasteiger partial charge < -0.3 is 0 Å². The Morgan fingerprint density at radius 2 is 1.07 bits per heavy atom. The van der Waals surface area contributed by atoms with Crippen LogP contribution in [-0.4, -0.2) is 0 Å². The van der Waals surface area contributed by atoms with E-state index in [1.807, 2.05) is 13.8 Å². The topological polar surface area (TPSA) is 0 Å². The molecule has 0 spiro atoms. The average molecular weight is 775 g/mol. The molecule has 9 rings (SSSR count). The number of hydrogen-bond acceptors (Lipinski definition) is 0. The van der Waals surface area contributed by atoms with Crippen LogP contribution in [0.4, 0.5) is 0 Å². The largest absolute Gasteiger partial charge is 0.0911 e. The summed E-state index contributed by atoms with van der Waals surface area (Å²) in [6.45, 7) is 15.2. The summed E-state index contributed by atoms with van der Waals surface area (Å²) in [4.78, 5) is 0. The Balaban J connectivity index is 0.00000246. The highest BCUT2D eigenvalue weighted by molar-refractivity contribution is 5.96. The zero-order valence-electron chi connectivity index (χ0n) is 35.7. The second-order valence-corrected chi connectivity index (χ2v) is 15.8. The number of rotatable bonds is 9. The van der Waals surface area contributed by atoms with Crippen molar-refractivity contribution in [3.05, 3.63) is 239 Å². The Labute approximate surface area is 358 Å². The molecule has 2 aliphatic carbocycles. The summed E-state index contributed by atoms with van der Waals surface area (Å²) in [5, 5.41) is 0. The van der Waals surface area contributed by atoms with Crippen LogP contribution in [0.1, 0.15) is 73.9 Å². The normalized spacial score (nSPS) is 13.5. The van der Waals surface area contributed by atoms with Crippen LogP contribution < -0.4 is 0 Å². The molecule has 0 aliphatic heterocycles. The van der Waals surface area contributed by atoms with E-state index in [1.54, 1.807) is 5.57 Å². The summed E-state index contributed by atoms with van der Waals surface area (Å²) in [6, 6.07) is 62.0. The van der Waals surface area contributed by atoms with Gasteiger partial charge in [0.15, 0.2) is 0 Å². The maximum Gasteiger partial charge on any atom is -0.00454 e. The van der Waals surface area contributed by atoms with Crippen molar-refractivity contribution in [3.8, 4) is 44.5 Å². The van der Waals surface area contributed by atoms with E-state index in [-0.39, 0.29) is 0 Å². The van der Waals surface area contributed by atoms with Crippen LogP contribution in [-0.2, 0) is 6.42 Å². The lowest BCUT2D eigenvalue weighted by Crippen LogP contribution is -1.95. The van der Waals surface area contributed by atoms with Gasteiger partial charge in [-0.05, 0) is 182 Å². The van der Waals surface area contributed by atoms with E-state index in [0.29, 0.717) is 0 Å². The van der Waals surface area contributed by atoms with Crippen molar-refractivity contribution in [2.75, 3.05) is 0 Å². The quantitative estimate of drug-likeness (QED) is 0.128. The summed E-state index contributed by atoms with van der Waals surface area (Å²) in [7, 11) is 0. The minimum Gasteiger partial charge on any atom is -0.0911 e. The number of fused-ring (bicyclic) bond motifs is 2. The Kier molecular flexibility index (Phi) is 12.0. The van der Waals surface area contributed by atoms with Gasteiger partial charge in [-0.2, -0.15) is 0 Å². The minimum atomic E-state index is 1.00. The molecule has 0 heteroatoms. The van der Waals surface area contributed by atoms with Gasteiger partial charge in [0.2, 0.25) is 0 Å². The Morgan fingerprint density at radius 1 is 0.533 bits per heavy atom. The molecule has 0 nitrogen and oxygen atoms in total. The predicted octanol–water partition coefficient (Wildman–Crippen LogP) is 16.9.